The monoisotopic (exact) mass is 384 g/mol. The van der Waals surface area contributed by atoms with Gasteiger partial charge >= 0.3 is 0 Å². The van der Waals surface area contributed by atoms with Gasteiger partial charge < -0.3 is 9.73 Å². The lowest BCUT2D eigenvalue weighted by molar-refractivity contribution is -0.119. The third-order valence-electron chi connectivity index (χ3n) is 4.33. The molecule has 0 radical (unpaired) electrons. The molecule has 0 unspecified atom stereocenters. The first kappa shape index (κ1) is 19.2. The van der Waals surface area contributed by atoms with Crippen molar-refractivity contribution < 1.29 is 9.21 Å². The van der Waals surface area contributed by atoms with Crippen molar-refractivity contribution in [3.8, 4) is 11.6 Å². The van der Waals surface area contributed by atoms with Gasteiger partial charge in [-0.15, -0.1) is 10.2 Å². The third-order valence-corrected chi connectivity index (χ3v) is 5.30. The average Bonchev–Trinajstić information content (AvgIpc) is 3.34. The van der Waals surface area contributed by atoms with Crippen LogP contribution in [0.25, 0.3) is 11.6 Å². The van der Waals surface area contributed by atoms with Crippen LogP contribution in [0.5, 0.6) is 0 Å². The van der Waals surface area contributed by atoms with E-state index in [1.165, 1.54) is 17.3 Å². The Bertz CT molecular complexity index is 872. The zero-order chi connectivity index (χ0) is 19.2. The van der Waals surface area contributed by atoms with Crippen molar-refractivity contribution in [2.24, 2.45) is 0 Å². The average molecular weight is 385 g/mol. The number of rotatable bonds is 8. The first-order valence-electron chi connectivity index (χ1n) is 9.08. The second-order valence-corrected chi connectivity index (χ2v) is 7.20. The molecule has 1 N–H and O–H groups in total. The molecule has 0 spiro atoms. The van der Waals surface area contributed by atoms with Crippen molar-refractivity contribution in [1.82, 2.24) is 20.1 Å². The summed E-state index contributed by atoms with van der Waals surface area (Å²) in [6.45, 7) is 6.85. The minimum Gasteiger partial charge on any atom is -0.461 e. The van der Waals surface area contributed by atoms with E-state index < -0.39 is 0 Å². The van der Waals surface area contributed by atoms with Crippen LogP contribution in [0.2, 0.25) is 0 Å². The number of carbonyl (C=O) groups is 1. The molecule has 142 valence electrons. The van der Waals surface area contributed by atoms with Gasteiger partial charge in [-0.05, 0) is 38.0 Å². The van der Waals surface area contributed by atoms with Crippen LogP contribution in [-0.2, 0) is 11.3 Å². The van der Waals surface area contributed by atoms with Crippen molar-refractivity contribution in [1.29, 1.82) is 0 Å². The quantitative estimate of drug-likeness (QED) is 0.589. The summed E-state index contributed by atoms with van der Waals surface area (Å²) >= 11 is 1.38. The number of aromatic nitrogens is 3. The number of carbonyl (C=O) groups excluding carboxylic acids is 1. The largest absolute Gasteiger partial charge is 0.461 e. The summed E-state index contributed by atoms with van der Waals surface area (Å²) in [5, 5.41) is 12.2. The Balaban J connectivity index is 1.63. The van der Waals surface area contributed by atoms with Gasteiger partial charge in [-0.25, -0.2) is 0 Å². The van der Waals surface area contributed by atoms with Crippen LogP contribution in [0.15, 0.2) is 52.2 Å². The van der Waals surface area contributed by atoms with Gasteiger partial charge in [-0.2, -0.15) is 0 Å². The normalized spacial score (nSPS) is 12.1. The summed E-state index contributed by atoms with van der Waals surface area (Å²) < 4.78 is 7.37. The molecule has 1 amide bonds. The summed E-state index contributed by atoms with van der Waals surface area (Å²) in [7, 11) is 0. The Morgan fingerprint density at radius 3 is 2.63 bits per heavy atom. The molecular weight excluding hydrogens is 360 g/mol. The topological polar surface area (TPSA) is 73.0 Å². The van der Waals surface area contributed by atoms with Gasteiger partial charge in [0.15, 0.2) is 16.7 Å². The molecule has 0 saturated carbocycles. The molecule has 0 fully saturated rings. The Labute approximate surface area is 163 Å². The number of aryl methyl sites for hydroxylation is 1. The van der Waals surface area contributed by atoms with E-state index in [2.05, 4.69) is 53.6 Å². The minimum absolute atomic E-state index is 0.0152. The van der Waals surface area contributed by atoms with Crippen molar-refractivity contribution >= 4 is 17.7 Å². The van der Waals surface area contributed by atoms with Crippen molar-refractivity contribution in [3.63, 3.8) is 0 Å². The number of hydrogen-bond donors (Lipinski definition) is 1. The van der Waals surface area contributed by atoms with Gasteiger partial charge in [0.2, 0.25) is 5.91 Å². The molecule has 7 heteroatoms. The van der Waals surface area contributed by atoms with Crippen molar-refractivity contribution in [3.05, 3.63) is 53.8 Å². The summed E-state index contributed by atoms with van der Waals surface area (Å²) in [6.07, 6.45) is 2.45. The molecule has 0 aliphatic heterocycles. The van der Waals surface area contributed by atoms with Gasteiger partial charge in [-0.3, -0.25) is 9.36 Å². The highest BCUT2D eigenvalue weighted by atomic mass is 32.2. The number of benzene rings is 1. The predicted molar refractivity (Wildman–Crippen MR) is 106 cm³/mol. The fourth-order valence-electron chi connectivity index (χ4n) is 2.85. The fraction of sp³-hybridized carbons (Fsp3) is 0.350. The summed E-state index contributed by atoms with van der Waals surface area (Å²) in [5.41, 5.74) is 2.33. The second kappa shape index (κ2) is 8.90. The molecule has 1 aromatic carbocycles. The smallest absolute Gasteiger partial charge is 0.230 e. The third kappa shape index (κ3) is 4.60. The number of nitrogens with zero attached hydrogens (tertiary/aromatic N) is 3. The predicted octanol–water partition coefficient (Wildman–Crippen LogP) is 4.23. The number of nitrogens with one attached hydrogen (secondary N) is 1. The highest BCUT2D eigenvalue weighted by Crippen LogP contribution is 2.24. The number of amides is 1. The highest BCUT2D eigenvalue weighted by Gasteiger charge is 2.17. The molecule has 2 aromatic heterocycles. The van der Waals surface area contributed by atoms with E-state index >= 15 is 0 Å². The van der Waals surface area contributed by atoms with Crippen LogP contribution in [0.1, 0.15) is 37.4 Å². The molecule has 0 aliphatic carbocycles. The summed E-state index contributed by atoms with van der Waals surface area (Å²) in [5.74, 6) is 1.62. The van der Waals surface area contributed by atoms with Crippen LogP contribution in [0, 0.1) is 6.92 Å². The standard InChI is InChI=1S/C20H24N4O2S/c1-4-16(15-10-8-14(3)9-11-15)21-18(25)13-27-20-23-22-19(24(20)5-2)17-7-6-12-26-17/h6-12,16H,4-5,13H2,1-3H3,(H,21,25)/t16-/m1/s1. The Kier molecular flexibility index (Phi) is 6.34. The molecule has 0 bridgehead atoms. The van der Waals surface area contributed by atoms with E-state index in [0.717, 1.165) is 12.0 Å². The molecule has 27 heavy (non-hydrogen) atoms. The Morgan fingerprint density at radius 2 is 2.00 bits per heavy atom. The maximum Gasteiger partial charge on any atom is 0.230 e. The van der Waals surface area contributed by atoms with Gasteiger partial charge in [0.1, 0.15) is 0 Å². The van der Waals surface area contributed by atoms with Crippen LogP contribution in [-0.4, -0.2) is 26.4 Å². The molecule has 1 atom stereocenters. The first-order chi connectivity index (χ1) is 13.1. The summed E-state index contributed by atoms with van der Waals surface area (Å²) in [6, 6.07) is 12.0. The van der Waals surface area contributed by atoms with E-state index in [0.29, 0.717) is 29.0 Å². The van der Waals surface area contributed by atoms with E-state index in [1.807, 2.05) is 23.6 Å². The highest BCUT2D eigenvalue weighted by molar-refractivity contribution is 7.99. The van der Waals surface area contributed by atoms with Gasteiger partial charge in [-0.1, -0.05) is 48.5 Å². The van der Waals surface area contributed by atoms with Crippen molar-refractivity contribution in [2.75, 3.05) is 5.75 Å². The molecule has 3 rings (SSSR count). The Morgan fingerprint density at radius 1 is 1.22 bits per heavy atom. The molecule has 0 aliphatic rings. The SMILES string of the molecule is CC[C@@H](NC(=O)CSc1nnc(-c2ccco2)n1CC)c1ccc(C)cc1. The van der Waals surface area contributed by atoms with Gasteiger partial charge in [0.05, 0.1) is 18.1 Å². The number of thioether (sulfide) groups is 1. The number of hydrogen-bond acceptors (Lipinski definition) is 5. The van der Waals surface area contributed by atoms with E-state index in [4.69, 9.17) is 4.42 Å². The zero-order valence-electron chi connectivity index (χ0n) is 15.8. The van der Waals surface area contributed by atoms with Gasteiger partial charge in [0, 0.05) is 6.54 Å². The van der Waals surface area contributed by atoms with Crippen molar-refractivity contribution in [2.45, 2.75) is 44.9 Å². The fourth-order valence-corrected chi connectivity index (χ4v) is 3.67. The maximum absolute atomic E-state index is 12.5. The van der Waals surface area contributed by atoms with Crippen LogP contribution < -0.4 is 5.32 Å². The lowest BCUT2D eigenvalue weighted by Crippen LogP contribution is -2.29. The van der Waals surface area contributed by atoms with Crippen LogP contribution >= 0.6 is 11.8 Å². The van der Waals surface area contributed by atoms with Gasteiger partial charge in [0.25, 0.3) is 0 Å². The minimum atomic E-state index is -0.0161. The Hall–Kier alpha value is -2.54. The number of furan rings is 1. The second-order valence-electron chi connectivity index (χ2n) is 6.26. The van der Waals surface area contributed by atoms with Crippen LogP contribution in [0.4, 0.5) is 0 Å². The first-order valence-corrected chi connectivity index (χ1v) is 10.1. The molecule has 3 aromatic rings. The molecular formula is C20H24N4O2S. The summed E-state index contributed by atoms with van der Waals surface area (Å²) in [4.78, 5) is 12.5. The lowest BCUT2D eigenvalue weighted by Gasteiger charge is -2.17. The van der Waals surface area contributed by atoms with Crippen LogP contribution in [0.3, 0.4) is 0 Å². The van der Waals surface area contributed by atoms with E-state index in [1.54, 1.807) is 6.26 Å². The molecule has 2 heterocycles. The van der Waals surface area contributed by atoms with E-state index in [9.17, 15) is 4.79 Å². The molecule has 6 nitrogen and oxygen atoms in total. The maximum atomic E-state index is 12.5. The lowest BCUT2D eigenvalue weighted by atomic mass is 10.0. The zero-order valence-corrected chi connectivity index (χ0v) is 16.6. The molecule has 0 saturated heterocycles. The van der Waals surface area contributed by atoms with E-state index in [-0.39, 0.29) is 11.9 Å².